The molecular weight excluding hydrogens is 322 g/mol. The Balaban J connectivity index is 2.11. The van der Waals surface area contributed by atoms with Gasteiger partial charge in [0.1, 0.15) is 0 Å². The number of esters is 2. The number of hydrogen-bond donors (Lipinski definition) is 1. The molecule has 0 saturated carbocycles. The van der Waals surface area contributed by atoms with E-state index in [0.29, 0.717) is 12.0 Å². The first kappa shape index (κ1) is 17.2. The van der Waals surface area contributed by atoms with Gasteiger partial charge in [0.05, 0.1) is 25.0 Å². The Morgan fingerprint density at radius 3 is 2.16 bits per heavy atom. The summed E-state index contributed by atoms with van der Waals surface area (Å²) in [6.45, 7) is 3.92. The quantitative estimate of drug-likeness (QED) is 0.858. The van der Waals surface area contributed by atoms with Gasteiger partial charge in [0.15, 0.2) is 0 Å². The third-order valence-corrected chi connectivity index (χ3v) is 4.65. The van der Waals surface area contributed by atoms with Gasteiger partial charge in [0, 0.05) is 16.5 Å². The molecule has 0 amide bonds. The van der Waals surface area contributed by atoms with Crippen LogP contribution in [0.2, 0.25) is 0 Å². The van der Waals surface area contributed by atoms with E-state index < -0.39 is 23.8 Å². The normalized spacial score (nSPS) is 19.3. The van der Waals surface area contributed by atoms with Crippen LogP contribution in [0, 0.1) is 11.8 Å². The second-order valence-corrected chi connectivity index (χ2v) is 6.08. The number of carbonyl (C=O) groups excluding carboxylic acids is 2. The first-order chi connectivity index (χ1) is 12.1. The maximum Gasteiger partial charge on any atom is 0.310 e. The van der Waals surface area contributed by atoms with Crippen molar-refractivity contribution in [2.24, 2.45) is 11.8 Å². The minimum atomic E-state index is -0.700. The number of hydrogen-bond acceptors (Lipinski definition) is 5. The number of ether oxygens (including phenoxy) is 2. The summed E-state index contributed by atoms with van der Waals surface area (Å²) in [5.74, 6) is -2.22. The lowest BCUT2D eigenvalue weighted by Gasteiger charge is -2.30. The zero-order valence-electron chi connectivity index (χ0n) is 14.3. The Morgan fingerprint density at radius 1 is 1.00 bits per heavy atom. The van der Waals surface area contributed by atoms with Crippen molar-refractivity contribution in [2.45, 2.75) is 26.7 Å². The number of benzene rings is 1. The molecule has 0 unspecified atom stereocenters. The van der Waals surface area contributed by atoms with E-state index in [1.165, 1.54) is 0 Å². The number of fused-ring (bicyclic) bond motifs is 3. The van der Waals surface area contributed by atoms with Crippen LogP contribution in [0.5, 0.6) is 0 Å². The average molecular weight is 343 g/mol. The average Bonchev–Trinajstić information content (AvgIpc) is 2.61. The number of pyridine rings is 1. The first-order valence-electron chi connectivity index (χ1n) is 8.52. The summed E-state index contributed by atoms with van der Waals surface area (Å²) >= 11 is 0. The predicted molar refractivity (Wildman–Crippen MR) is 92.2 cm³/mol. The lowest BCUT2D eigenvalue weighted by Crippen LogP contribution is -2.40. The van der Waals surface area contributed by atoms with Gasteiger partial charge in [-0.15, -0.1) is 0 Å². The summed E-state index contributed by atoms with van der Waals surface area (Å²) in [4.78, 5) is 40.1. The SMILES string of the molecule is CCOC(=O)[C@@H]1Cc2c(c3ccccc3[nH]c2=O)C[C@H]1C(=O)OCC. The Morgan fingerprint density at radius 2 is 1.56 bits per heavy atom. The molecule has 0 spiro atoms. The van der Waals surface area contributed by atoms with E-state index >= 15 is 0 Å². The van der Waals surface area contributed by atoms with Gasteiger partial charge in [0.2, 0.25) is 0 Å². The number of aromatic nitrogens is 1. The lowest BCUT2D eigenvalue weighted by molar-refractivity contribution is -0.160. The van der Waals surface area contributed by atoms with Crippen LogP contribution in [0.25, 0.3) is 10.9 Å². The molecule has 0 saturated heterocycles. The molecule has 0 radical (unpaired) electrons. The Labute approximate surface area is 145 Å². The summed E-state index contributed by atoms with van der Waals surface area (Å²) in [6.07, 6.45) is 0.472. The number of H-pyrrole nitrogens is 1. The van der Waals surface area contributed by atoms with Crippen molar-refractivity contribution in [3.8, 4) is 0 Å². The molecule has 2 atom stereocenters. The molecule has 0 aliphatic heterocycles. The van der Waals surface area contributed by atoms with Gasteiger partial charge in [-0.2, -0.15) is 0 Å². The zero-order chi connectivity index (χ0) is 18.0. The van der Waals surface area contributed by atoms with Crippen molar-refractivity contribution < 1.29 is 19.1 Å². The van der Waals surface area contributed by atoms with E-state index in [2.05, 4.69) is 4.98 Å². The van der Waals surface area contributed by atoms with Crippen molar-refractivity contribution in [1.29, 1.82) is 0 Å². The topological polar surface area (TPSA) is 85.5 Å². The molecule has 1 N–H and O–H groups in total. The minimum absolute atomic E-state index is 0.178. The highest BCUT2D eigenvalue weighted by Crippen LogP contribution is 2.34. The third kappa shape index (κ3) is 3.16. The highest BCUT2D eigenvalue weighted by atomic mass is 16.5. The van der Waals surface area contributed by atoms with E-state index in [1.54, 1.807) is 13.8 Å². The van der Waals surface area contributed by atoms with Crippen molar-refractivity contribution in [3.05, 3.63) is 45.7 Å². The fourth-order valence-corrected chi connectivity index (χ4v) is 3.52. The molecule has 1 aliphatic rings. The smallest absolute Gasteiger partial charge is 0.310 e. The van der Waals surface area contributed by atoms with Crippen LogP contribution in [0.15, 0.2) is 29.1 Å². The second-order valence-electron chi connectivity index (χ2n) is 6.08. The van der Waals surface area contributed by atoms with Crippen LogP contribution >= 0.6 is 0 Å². The van der Waals surface area contributed by atoms with Crippen molar-refractivity contribution in [1.82, 2.24) is 4.98 Å². The summed E-state index contributed by atoms with van der Waals surface area (Å²) in [5, 5.41) is 0.897. The number of para-hydroxylation sites is 1. The molecular formula is C19H21NO5. The Bertz CT molecular complexity index is 870. The van der Waals surface area contributed by atoms with E-state index in [0.717, 1.165) is 16.5 Å². The van der Waals surface area contributed by atoms with Crippen molar-refractivity contribution in [2.75, 3.05) is 13.2 Å². The number of nitrogens with one attached hydrogen (secondary N) is 1. The summed E-state index contributed by atoms with van der Waals surface area (Å²) in [7, 11) is 0. The second kappa shape index (κ2) is 7.09. The Kier molecular flexibility index (Phi) is 4.88. The van der Waals surface area contributed by atoms with Crippen LogP contribution in [-0.2, 0) is 31.9 Å². The lowest BCUT2D eigenvalue weighted by atomic mass is 9.75. The van der Waals surface area contributed by atoms with Crippen LogP contribution < -0.4 is 5.56 Å². The van der Waals surface area contributed by atoms with Crippen LogP contribution in [0.1, 0.15) is 25.0 Å². The standard InChI is InChI=1S/C19H21NO5/c1-3-24-18(22)14-9-12-11-7-5-6-8-16(11)20-17(21)13(12)10-15(14)19(23)25-4-2/h5-8,14-15H,3-4,9-10H2,1-2H3,(H,20,21)/t14-,15-/m1/s1. The van der Waals surface area contributed by atoms with Gasteiger partial charge in [-0.25, -0.2) is 0 Å². The molecule has 6 nitrogen and oxygen atoms in total. The summed E-state index contributed by atoms with van der Waals surface area (Å²) in [5.41, 5.74) is 1.88. The molecule has 0 bridgehead atoms. The molecule has 3 rings (SSSR count). The van der Waals surface area contributed by atoms with Gasteiger partial charge >= 0.3 is 11.9 Å². The molecule has 1 aromatic carbocycles. The maximum absolute atomic E-state index is 12.5. The number of carbonyl (C=O) groups is 2. The molecule has 2 aromatic rings. The minimum Gasteiger partial charge on any atom is -0.466 e. The highest BCUT2D eigenvalue weighted by Gasteiger charge is 2.41. The number of rotatable bonds is 4. The summed E-state index contributed by atoms with van der Waals surface area (Å²) < 4.78 is 10.3. The van der Waals surface area contributed by atoms with Crippen LogP contribution in [0.4, 0.5) is 0 Å². The largest absolute Gasteiger partial charge is 0.466 e. The van der Waals surface area contributed by atoms with Crippen LogP contribution in [0.3, 0.4) is 0 Å². The summed E-state index contributed by atoms with van der Waals surface area (Å²) in [6, 6.07) is 7.47. The van der Waals surface area contributed by atoms with Gasteiger partial charge in [-0.1, -0.05) is 18.2 Å². The molecule has 1 heterocycles. The first-order valence-corrected chi connectivity index (χ1v) is 8.52. The molecule has 1 aromatic heterocycles. The van der Waals surface area contributed by atoms with Gasteiger partial charge in [0.25, 0.3) is 5.56 Å². The molecule has 25 heavy (non-hydrogen) atoms. The predicted octanol–water partition coefficient (Wildman–Crippen LogP) is 1.99. The Hall–Kier alpha value is -2.63. The van der Waals surface area contributed by atoms with E-state index in [1.807, 2.05) is 24.3 Å². The fourth-order valence-electron chi connectivity index (χ4n) is 3.52. The van der Waals surface area contributed by atoms with Gasteiger partial charge in [-0.05, 0) is 38.3 Å². The van der Waals surface area contributed by atoms with E-state index in [4.69, 9.17) is 9.47 Å². The molecule has 0 fully saturated rings. The van der Waals surface area contributed by atoms with E-state index in [-0.39, 0.29) is 25.2 Å². The molecule has 1 aliphatic carbocycles. The molecule has 132 valence electrons. The van der Waals surface area contributed by atoms with Crippen LogP contribution in [-0.4, -0.2) is 30.1 Å². The van der Waals surface area contributed by atoms with E-state index in [9.17, 15) is 14.4 Å². The zero-order valence-corrected chi connectivity index (χ0v) is 14.3. The van der Waals surface area contributed by atoms with Gasteiger partial charge in [-0.3, -0.25) is 14.4 Å². The van der Waals surface area contributed by atoms with Crippen molar-refractivity contribution >= 4 is 22.8 Å². The highest BCUT2D eigenvalue weighted by molar-refractivity contribution is 5.87. The fraction of sp³-hybridized carbons (Fsp3) is 0.421. The molecule has 6 heteroatoms. The number of aromatic amines is 1. The van der Waals surface area contributed by atoms with Crippen molar-refractivity contribution in [3.63, 3.8) is 0 Å². The van der Waals surface area contributed by atoms with Gasteiger partial charge < -0.3 is 14.5 Å². The maximum atomic E-state index is 12.5. The monoisotopic (exact) mass is 343 g/mol. The third-order valence-electron chi connectivity index (χ3n) is 4.65.